The summed E-state index contributed by atoms with van der Waals surface area (Å²) in [6.07, 6.45) is 0. The molecule has 18 heavy (non-hydrogen) atoms. The number of rotatable bonds is 6. The third-order valence-corrected chi connectivity index (χ3v) is 2.42. The van der Waals surface area contributed by atoms with Crippen LogP contribution in [0.1, 0.15) is 10.4 Å². The molecule has 1 aromatic carbocycles. The lowest BCUT2D eigenvalue weighted by Crippen LogP contribution is -2.17. The molecule has 0 aliphatic carbocycles. The first-order valence-electron chi connectivity index (χ1n) is 5.18. The van der Waals surface area contributed by atoms with Crippen molar-refractivity contribution in [1.82, 2.24) is 0 Å². The molecule has 0 unspecified atom stereocenters. The van der Waals surface area contributed by atoms with Gasteiger partial charge in [-0.3, -0.25) is 9.59 Å². The summed E-state index contributed by atoms with van der Waals surface area (Å²) in [7, 11) is 2.89. The van der Waals surface area contributed by atoms with Gasteiger partial charge in [0.2, 0.25) is 5.91 Å². The molecule has 1 rings (SSSR count). The van der Waals surface area contributed by atoms with Gasteiger partial charge >= 0.3 is 0 Å². The molecule has 6 heteroatoms. The molecule has 0 aliphatic heterocycles. The van der Waals surface area contributed by atoms with Crippen LogP contribution in [0.5, 0.6) is 5.75 Å². The average molecular weight is 272 g/mol. The Hall–Kier alpha value is -1.59. The van der Waals surface area contributed by atoms with E-state index >= 15 is 0 Å². The Bertz CT molecular complexity index is 448. The fourth-order valence-electron chi connectivity index (χ4n) is 1.40. The minimum absolute atomic E-state index is 0.0508. The molecule has 98 valence electrons. The molecule has 0 radical (unpaired) electrons. The number of carbonyl (C=O) groups excluding carboxylic acids is 2. The molecule has 5 nitrogen and oxygen atoms in total. The summed E-state index contributed by atoms with van der Waals surface area (Å²) in [4.78, 5) is 22.9. The minimum atomic E-state index is -0.299. The van der Waals surface area contributed by atoms with E-state index in [1.807, 2.05) is 0 Å². The number of hydrogen-bond donors (Lipinski definition) is 1. The lowest BCUT2D eigenvalue weighted by atomic mass is 10.1. The Labute approximate surface area is 110 Å². The van der Waals surface area contributed by atoms with E-state index in [0.29, 0.717) is 17.0 Å². The standard InChI is InChI=1S/C12H14ClNO4/c1-17-7-12(16)14-8-3-4-11(18-2)9(5-8)10(15)6-13/h3-5H,6-7H2,1-2H3,(H,14,16). The number of nitrogens with one attached hydrogen (secondary N) is 1. The molecule has 0 aromatic heterocycles. The first kappa shape index (κ1) is 14.5. The van der Waals surface area contributed by atoms with Gasteiger partial charge in [-0.25, -0.2) is 0 Å². The van der Waals surface area contributed by atoms with Crippen molar-refractivity contribution in [3.63, 3.8) is 0 Å². The number of Topliss-reactive ketones (excluding diaryl/α,β-unsaturated/α-hetero) is 1. The minimum Gasteiger partial charge on any atom is -0.496 e. The van der Waals surface area contributed by atoms with Crippen LogP contribution in [0.2, 0.25) is 0 Å². The Morgan fingerprint density at radius 3 is 2.61 bits per heavy atom. The van der Waals surface area contributed by atoms with Crippen molar-refractivity contribution in [3.8, 4) is 5.75 Å². The smallest absolute Gasteiger partial charge is 0.250 e. The molecule has 1 N–H and O–H groups in total. The summed E-state index contributed by atoms with van der Waals surface area (Å²) >= 11 is 5.51. The van der Waals surface area contributed by atoms with E-state index in [2.05, 4.69) is 5.32 Å². The third-order valence-electron chi connectivity index (χ3n) is 2.18. The molecule has 0 saturated heterocycles. The predicted octanol–water partition coefficient (Wildman–Crippen LogP) is 1.70. The van der Waals surface area contributed by atoms with Crippen LogP contribution in [0.25, 0.3) is 0 Å². The van der Waals surface area contributed by atoms with E-state index in [-0.39, 0.29) is 24.2 Å². The SMILES string of the molecule is COCC(=O)Nc1ccc(OC)c(C(=O)CCl)c1. The topological polar surface area (TPSA) is 64.6 Å². The lowest BCUT2D eigenvalue weighted by molar-refractivity contribution is -0.119. The maximum atomic E-state index is 11.6. The van der Waals surface area contributed by atoms with Crippen molar-refractivity contribution < 1.29 is 19.1 Å². The van der Waals surface area contributed by atoms with E-state index in [4.69, 9.17) is 21.1 Å². The number of methoxy groups -OCH3 is 2. The average Bonchev–Trinajstić information content (AvgIpc) is 2.38. The summed E-state index contributed by atoms with van der Waals surface area (Å²) in [5, 5.41) is 2.60. The monoisotopic (exact) mass is 271 g/mol. The molecule has 0 heterocycles. The Morgan fingerprint density at radius 1 is 1.33 bits per heavy atom. The predicted molar refractivity (Wildman–Crippen MR) is 68.6 cm³/mol. The van der Waals surface area contributed by atoms with Gasteiger partial charge in [0.15, 0.2) is 5.78 Å². The number of halogens is 1. The van der Waals surface area contributed by atoms with Crippen molar-refractivity contribution in [2.45, 2.75) is 0 Å². The normalized spacial score (nSPS) is 9.94. The quantitative estimate of drug-likeness (QED) is 0.632. The van der Waals surface area contributed by atoms with Crippen LogP contribution < -0.4 is 10.1 Å². The second-order valence-electron chi connectivity index (χ2n) is 3.45. The zero-order chi connectivity index (χ0) is 13.5. The van der Waals surface area contributed by atoms with Gasteiger partial charge in [-0.05, 0) is 18.2 Å². The van der Waals surface area contributed by atoms with E-state index < -0.39 is 0 Å². The third kappa shape index (κ3) is 3.72. The highest BCUT2D eigenvalue weighted by atomic mass is 35.5. The highest BCUT2D eigenvalue weighted by Crippen LogP contribution is 2.23. The van der Waals surface area contributed by atoms with E-state index in [9.17, 15) is 9.59 Å². The molecule has 0 fully saturated rings. The number of amides is 1. The van der Waals surface area contributed by atoms with Gasteiger partial charge in [-0.15, -0.1) is 11.6 Å². The number of ketones is 1. The summed E-state index contributed by atoms with van der Waals surface area (Å²) in [5.41, 5.74) is 0.828. The maximum absolute atomic E-state index is 11.6. The molecule has 0 spiro atoms. The number of ether oxygens (including phenoxy) is 2. The zero-order valence-electron chi connectivity index (χ0n) is 10.2. The molecule has 0 bridgehead atoms. The number of alkyl halides is 1. The van der Waals surface area contributed by atoms with Gasteiger partial charge in [-0.1, -0.05) is 0 Å². The fourth-order valence-corrected chi connectivity index (χ4v) is 1.55. The zero-order valence-corrected chi connectivity index (χ0v) is 10.9. The second-order valence-corrected chi connectivity index (χ2v) is 3.72. The number of carbonyl (C=O) groups is 2. The van der Waals surface area contributed by atoms with Gasteiger partial charge in [-0.2, -0.15) is 0 Å². The van der Waals surface area contributed by atoms with Crippen molar-refractivity contribution >= 4 is 29.0 Å². The maximum Gasteiger partial charge on any atom is 0.250 e. The largest absolute Gasteiger partial charge is 0.496 e. The Kier molecular flexibility index (Phi) is 5.61. The van der Waals surface area contributed by atoms with E-state index in [0.717, 1.165) is 0 Å². The van der Waals surface area contributed by atoms with E-state index in [1.165, 1.54) is 20.3 Å². The summed E-state index contributed by atoms with van der Waals surface area (Å²) in [5.74, 6) is -0.292. The molecule has 1 aromatic rings. The van der Waals surface area contributed by atoms with Gasteiger partial charge in [0.1, 0.15) is 12.4 Å². The van der Waals surface area contributed by atoms with Gasteiger partial charge in [0.05, 0.1) is 18.6 Å². The van der Waals surface area contributed by atoms with Crippen LogP contribution in [0.15, 0.2) is 18.2 Å². The van der Waals surface area contributed by atoms with Crippen molar-refractivity contribution in [2.75, 3.05) is 32.0 Å². The molecule has 0 saturated carbocycles. The van der Waals surface area contributed by atoms with Crippen LogP contribution in [0.3, 0.4) is 0 Å². The first-order valence-corrected chi connectivity index (χ1v) is 5.71. The first-order chi connectivity index (χ1) is 8.62. The number of anilines is 1. The molecular weight excluding hydrogens is 258 g/mol. The van der Waals surface area contributed by atoms with Crippen LogP contribution >= 0.6 is 11.6 Å². The number of benzene rings is 1. The van der Waals surface area contributed by atoms with Gasteiger partial charge in [0.25, 0.3) is 0 Å². The molecular formula is C12H14ClNO4. The Morgan fingerprint density at radius 2 is 2.06 bits per heavy atom. The van der Waals surface area contributed by atoms with Crippen molar-refractivity contribution in [2.24, 2.45) is 0 Å². The molecule has 0 aliphatic rings. The van der Waals surface area contributed by atoms with Crippen molar-refractivity contribution in [3.05, 3.63) is 23.8 Å². The van der Waals surface area contributed by atoms with Crippen molar-refractivity contribution in [1.29, 1.82) is 0 Å². The van der Waals surface area contributed by atoms with Crippen LogP contribution in [-0.2, 0) is 9.53 Å². The van der Waals surface area contributed by atoms with Crippen LogP contribution in [0, 0.1) is 0 Å². The number of hydrogen-bond acceptors (Lipinski definition) is 4. The summed E-state index contributed by atoms with van der Waals surface area (Å²) in [6.45, 7) is -0.0508. The Balaban J connectivity index is 2.95. The highest BCUT2D eigenvalue weighted by molar-refractivity contribution is 6.30. The van der Waals surface area contributed by atoms with E-state index in [1.54, 1.807) is 12.1 Å². The summed E-state index contributed by atoms with van der Waals surface area (Å²) < 4.78 is 9.75. The highest BCUT2D eigenvalue weighted by Gasteiger charge is 2.13. The van der Waals surface area contributed by atoms with Crippen LogP contribution in [-0.4, -0.2) is 38.4 Å². The lowest BCUT2D eigenvalue weighted by Gasteiger charge is -2.10. The van der Waals surface area contributed by atoms with Gasteiger partial charge in [0, 0.05) is 12.8 Å². The fraction of sp³-hybridized carbons (Fsp3) is 0.333. The van der Waals surface area contributed by atoms with Crippen LogP contribution in [0.4, 0.5) is 5.69 Å². The molecule has 0 atom stereocenters. The van der Waals surface area contributed by atoms with Gasteiger partial charge < -0.3 is 14.8 Å². The molecule has 1 amide bonds. The second kappa shape index (κ2) is 6.98. The summed E-state index contributed by atoms with van der Waals surface area (Å²) in [6, 6.07) is 4.76.